The molecule has 0 amide bonds. The third-order valence-electron chi connectivity index (χ3n) is 2.28. The zero-order valence-electron chi connectivity index (χ0n) is 9.97. The summed E-state index contributed by atoms with van der Waals surface area (Å²) in [7, 11) is 0. The zero-order valence-corrected chi connectivity index (χ0v) is 9.97. The summed E-state index contributed by atoms with van der Waals surface area (Å²) in [4.78, 5) is 15.9. The van der Waals surface area contributed by atoms with Gasteiger partial charge in [0, 0.05) is 25.0 Å². The van der Waals surface area contributed by atoms with Gasteiger partial charge in [-0.05, 0) is 27.2 Å². The van der Waals surface area contributed by atoms with Crippen molar-refractivity contribution in [3.05, 3.63) is 22.7 Å². The number of nitrogens with zero attached hydrogens (tertiary/aromatic N) is 2. The summed E-state index contributed by atoms with van der Waals surface area (Å²) in [5.74, 6) is 0.344. The lowest BCUT2D eigenvalue weighted by Crippen LogP contribution is -2.26. The Kier molecular flexibility index (Phi) is 4.49. The van der Waals surface area contributed by atoms with Crippen LogP contribution in [0.25, 0.3) is 0 Å². The van der Waals surface area contributed by atoms with Crippen LogP contribution in [0.5, 0.6) is 0 Å². The van der Waals surface area contributed by atoms with E-state index in [-0.39, 0.29) is 17.7 Å². The van der Waals surface area contributed by atoms with Crippen molar-refractivity contribution in [2.45, 2.75) is 39.3 Å². The molecule has 5 nitrogen and oxygen atoms in total. The van der Waals surface area contributed by atoms with Gasteiger partial charge >= 0.3 is 0 Å². The Bertz CT molecular complexity index is 385. The van der Waals surface area contributed by atoms with Gasteiger partial charge in [0.05, 0.1) is 6.10 Å². The molecule has 0 radical (unpaired) electrons. The maximum Gasteiger partial charge on any atom is 0.293 e. The highest BCUT2D eigenvalue weighted by molar-refractivity contribution is 5.30. The van der Waals surface area contributed by atoms with Gasteiger partial charge in [-0.1, -0.05) is 0 Å². The Morgan fingerprint density at radius 2 is 2.19 bits per heavy atom. The molecule has 1 rings (SSSR count). The molecular weight excluding hydrogens is 206 g/mol. The van der Waals surface area contributed by atoms with E-state index in [0.717, 1.165) is 0 Å². The Balaban J connectivity index is 2.74. The van der Waals surface area contributed by atoms with E-state index in [9.17, 15) is 4.79 Å². The lowest BCUT2D eigenvalue weighted by molar-refractivity contribution is 0.188. The summed E-state index contributed by atoms with van der Waals surface area (Å²) >= 11 is 0. The van der Waals surface area contributed by atoms with Crippen LogP contribution < -0.4 is 10.9 Å². The van der Waals surface area contributed by atoms with Gasteiger partial charge in [-0.3, -0.25) is 4.79 Å². The molecule has 0 aliphatic carbocycles. The normalized spacial score (nSPS) is 12.8. The Labute approximate surface area is 95.1 Å². The molecule has 0 bridgehead atoms. The predicted molar refractivity (Wildman–Crippen MR) is 63.7 cm³/mol. The quantitative estimate of drug-likeness (QED) is 0.784. The highest BCUT2D eigenvalue weighted by Crippen LogP contribution is 2.01. The molecule has 1 atom stereocenters. The molecule has 0 saturated carbocycles. The summed E-state index contributed by atoms with van der Waals surface area (Å²) in [6.07, 6.45) is 3.50. The highest BCUT2D eigenvalue weighted by atomic mass is 16.3. The maximum absolute atomic E-state index is 11.9. The van der Waals surface area contributed by atoms with Crippen molar-refractivity contribution >= 4 is 5.82 Å². The lowest BCUT2D eigenvalue weighted by Gasteiger charge is -2.11. The SMILES string of the molecule is CC(O)CCNc1nccn(C(C)C)c1=O. The number of hydrogen-bond acceptors (Lipinski definition) is 4. The first-order valence-corrected chi connectivity index (χ1v) is 5.51. The van der Waals surface area contributed by atoms with E-state index < -0.39 is 0 Å². The van der Waals surface area contributed by atoms with Gasteiger partial charge < -0.3 is 15.0 Å². The fourth-order valence-electron chi connectivity index (χ4n) is 1.35. The molecule has 2 N–H and O–H groups in total. The van der Waals surface area contributed by atoms with Crippen LogP contribution in [0, 0.1) is 0 Å². The first-order chi connectivity index (χ1) is 7.52. The largest absolute Gasteiger partial charge is 0.393 e. The van der Waals surface area contributed by atoms with E-state index in [1.54, 1.807) is 23.9 Å². The molecule has 0 saturated heterocycles. The van der Waals surface area contributed by atoms with Gasteiger partial charge in [-0.25, -0.2) is 4.98 Å². The van der Waals surface area contributed by atoms with Gasteiger partial charge in [-0.2, -0.15) is 0 Å². The molecule has 0 spiro atoms. The van der Waals surface area contributed by atoms with Crippen LogP contribution in [0.15, 0.2) is 17.2 Å². The predicted octanol–water partition coefficient (Wildman–Crippen LogP) is 1.01. The fourth-order valence-corrected chi connectivity index (χ4v) is 1.35. The van der Waals surface area contributed by atoms with Crippen LogP contribution >= 0.6 is 0 Å². The standard InChI is InChI=1S/C11H19N3O2/c1-8(2)14-7-6-13-10(11(14)16)12-5-4-9(3)15/h6-9,15H,4-5H2,1-3H3,(H,12,13). The van der Waals surface area contributed by atoms with Crippen molar-refractivity contribution in [3.8, 4) is 0 Å². The van der Waals surface area contributed by atoms with Gasteiger partial charge in [0.1, 0.15) is 0 Å². The molecule has 1 aromatic rings. The molecule has 90 valence electrons. The zero-order chi connectivity index (χ0) is 12.1. The number of rotatable bonds is 5. The van der Waals surface area contributed by atoms with Gasteiger partial charge in [0.15, 0.2) is 5.82 Å². The van der Waals surface area contributed by atoms with Crippen LogP contribution in [0.2, 0.25) is 0 Å². The summed E-state index contributed by atoms with van der Waals surface area (Å²) in [6.45, 7) is 6.15. The van der Waals surface area contributed by atoms with Crippen LogP contribution in [0.4, 0.5) is 5.82 Å². The Hall–Kier alpha value is -1.36. The summed E-state index contributed by atoms with van der Waals surface area (Å²) in [6, 6.07) is 0.118. The van der Waals surface area contributed by atoms with Gasteiger partial charge in [-0.15, -0.1) is 0 Å². The van der Waals surface area contributed by atoms with Crippen molar-refractivity contribution in [3.63, 3.8) is 0 Å². The third kappa shape index (κ3) is 3.34. The highest BCUT2D eigenvalue weighted by Gasteiger charge is 2.06. The number of aliphatic hydroxyl groups excluding tert-OH is 1. The number of nitrogens with one attached hydrogen (secondary N) is 1. The molecule has 1 heterocycles. The molecule has 0 aliphatic rings. The Morgan fingerprint density at radius 3 is 2.75 bits per heavy atom. The minimum atomic E-state index is -0.372. The molecule has 1 unspecified atom stereocenters. The first-order valence-electron chi connectivity index (χ1n) is 5.51. The summed E-state index contributed by atoms with van der Waals surface area (Å²) < 4.78 is 1.62. The lowest BCUT2D eigenvalue weighted by atomic mass is 10.3. The summed E-state index contributed by atoms with van der Waals surface area (Å²) in [5, 5.41) is 12.0. The molecule has 5 heteroatoms. The first kappa shape index (κ1) is 12.7. The molecular formula is C11H19N3O2. The molecule has 0 aliphatic heterocycles. The molecule has 16 heavy (non-hydrogen) atoms. The van der Waals surface area contributed by atoms with Crippen LogP contribution in [-0.4, -0.2) is 27.3 Å². The van der Waals surface area contributed by atoms with E-state index in [0.29, 0.717) is 18.8 Å². The fraction of sp³-hybridized carbons (Fsp3) is 0.636. The maximum atomic E-state index is 11.9. The monoisotopic (exact) mass is 225 g/mol. The van der Waals surface area contributed by atoms with E-state index >= 15 is 0 Å². The van der Waals surface area contributed by atoms with Crippen molar-refractivity contribution in [1.82, 2.24) is 9.55 Å². The van der Waals surface area contributed by atoms with Crippen LogP contribution in [0.1, 0.15) is 33.2 Å². The topological polar surface area (TPSA) is 67.2 Å². The van der Waals surface area contributed by atoms with Crippen LogP contribution in [-0.2, 0) is 0 Å². The van der Waals surface area contributed by atoms with Crippen molar-refractivity contribution in [1.29, 1.82) is 0 Å². The van der Waals surface area contributed by atoms with E-state index in [2.05, 4.69) is 10.3 Å². The smallest absolute Gasteiger partial charge is 0.293 e. The second-order valence-corrected chi connectivity index (χ2v) is 4.15. The van der Waals surface area contributed by atoms with Gasteiger partial charge in [0.2, 0.25) is 0 Å². The number of hydrogen-bond donors (Lipinski definition) is 2. The second kappa shape index (κ2) is 5.65. The van der Waals surface area contributed by atoms with Gasteiger partial charge in [0.25, 0.3) is 5.56 Å². The van der Waals surface area contributed by atoms with Crippen molar-refractivity contribution < 1.29 is 5.11 Å². The summed E-state index contributed by atoms with van der Waals surface area (Å²) in [5.41, 5.74) is -0.122. The molecule has 1 aromatic heterocycles. The Morgan fingerprint density at radius 1 is 1.50 bits per heavy atom. The third-order valence-corrected chi connectivity index (χ3v) is 2.28. The molecule has 0 aromatic carbocycles. The minimum absolute atomic E-state index is 0.118. The second-order valence-electron chi connectivity index (χ2n) is 4.15. The van der Waals surface area contributed by atoms with Crippen molar-refractivity contribution in [2.75, 3.05) is 11.9 Å². The molecule has 0 fully saturated rings. The minimum Gasteiger partial charge on any atom is -0.393 e. The van der Waals surface area contributed by atoms with E-state index in [4.69, 9.17) is 5.11 Å². The average Bonchev–Trinajstić information content (AvgIpc) is 2.19. The number of anilines is 1. The van der Waals surface area contributed by atoms with Crippen molar-refractivity contribution in [2.24, 2.45) is 0 Å². The van der Waals surface area contributed by atoms with E-state index in [1.165, 1.54) is 0 Å². The van der Waals surface area contributed by atoms with E-state index in [1.807, 2.05) is 13.8 Å². The number of aliphatic hydroxyl groups is 1. The number of aromatic nitrogens is 2. The van der Waals surface area contributed by atoms with Crippen LogP contribution in [0.3, 0.4) is 0 Å². The average molecular weight is 225 g/mol.